The maximum Gasteiger partial charge on any atom is 0.284 e. The molecule has 2 aromatic carbocycles. The number of thiazole rings is 1. The van der Waals surface area contributed by atoms with Gasteiger partial charge in [-0.2, -0.15) is 0 Å². The van der Waals surface area contributed by atoms with Crippen LogP contribution in [0.15, 0.2) is 48.5 Å². The highest BCUT2D eigenvalue weighted by molar-refractivity contribution is 7.89. The maximum absolute atomic E-state index is 14.6. The summed E-state index contributed by atoms with van der Waals surface area (Å²) in [6.07, 6.45) is 0.313. The molecule has 0 saturated carbocycles. The van der Waals surface area contributed by atoms with E-state index in [-0.39, 0.29) is 30.1 Å². The molecule has 3 aromatic rings. The van der Waals surface area contributed by atoms with Gasteiger partial charge in [0, 0.05) is 23.1 Å². The third-order valence-electron chi connectivity index (χ3n) is 5.44. The van der Waals surface area contributed by atoms with Gasteiger partial charge in [0.05, 0.1) is 19.9 Å². The Balaban J connectivity index is 1.83. The zero-order valence-corrected chi connectivity index (χ0v) is 22.2. The molecular weight excluding hydrogens is 521 g/mol. The predicted molar refractivity (Wildman–Crippen MR) is 137 cm³/mol. The van der Waals surface area contributed by atoms with Crippen LogP contribution < -0.4 is 9.46 Å². The number of aliphatic hydroxyl groups excluding tert-OH is 1. The van der Waals surface area contributed by atoms with Crippen LogP contribution in [0.3, 0.4) is 0 Å². The fourth-order valence-corrected chi connectivity index (χ4v) is 5.04. The number of carbonyl (C=O) groups is 2. The molecule has 3 rings (SSSR count). The first-order chi connectivity index (χ1) is 17.5. The number of methoxy groups -OCH3 is 1. The van der Waals surface area contributed by atoms with Crippen molar-refractivity contribution in [2.75, 3.05) is 19.9 Å². The van der Waals surface area contributed by atoms with Crippen molar-refractivity contribution < 1.29 is 32.2 Å². The van der Waals surface area contributed by atoms with Crippen molar-refractivity contribution in [1.82, 2.24) is 14.6 Å². The normalized spacial score (nSPS) is 12.1. The van der Waals surface area contributed by atoms with E-state index in [1.807, 2.05) is 35.1 Å². The highest BCUT2D eigenvalue weighted by Gasteiger charge is 2.28. The number of carbonyl (C=O) groups excluding carboxylic acids is 2. The molecule has 0 aliphatic rings. The maximum atomic E-state index is 14.6. The molecule has 0 aliphatic heterocycles. The quantitative estimate of drug-likeness (QED) is 0.377. The minimum atomic E-state index is -3.78. The number of rotatable bonds is 11. The number of sulfonamides is 1. The first-order valence-corrected chi connectivity index (χ1v) is 14.0. The van der Waals surface area contributed by atoms with Crippen LogP contribution >= 0.6 is 11.3 Å². The van der Waals surface area contributed by atoms with E-state index < -0.39 is 33.8 Å². The third-order valence-corrected chi connectivity index (χ3v) is 6.96. The molecule has 0 aliphatic carbocycles. The zero-order valence-electron chi connectivity index (χ0n) is 20.6. The van der Waals surface area contributed by atoms with Crippen molar-refractivity contribution in [3.8, 4) is 5.75 Å². The van der Waals surface area contributed by atoms with Crippen molar-refractivity contribution in [2.24, 2.45) is 0 Å². The molecule has 0 radical (unpaired) electrons. The van der Waals surface area contributed by atoms with Gasteiger partial charge < -0.3 is 14.7 Å². The number of halogens is 1. The van der Waals surface area contributed by atoms with Crippen molar-refractivity contribution in [3.63, 3.8) is 0 Å². The molecule has 0 spiro atoms. The molecule has 12 heteroatoms. The van der Waals surface area contributed by atoms with Crippen LogP contribution in [0.25, 0.3) is 0 Å². The van der Waals surface area contributed by atoms with E-state index >= 15 is 0 Å². The van der Waals surface area contributed by atoms with E-state index in [0.717, 1.165) is 29.2 Å². The van der Waals surface area contributed by atoms with Gasteiger partial charge in [-0.3, -0.25) is 9.59 Å². The standard InChI is InChI=1S/C25H28FN3O6S2/c1-16-22(24(31)28-37(3,33)34)27-21(36-16)15-29(13-7-10-17-8-5-4-6-9-17)25(32)23(30)19-12-11-18(35-2)14-20(19)26/h4-6,8-9,11-12,14,23,30H,7,10,13,15H2,1-3H3,(H,28,31)/t23-/m1/s1. The second-order valence-electron chi connectivity index (χ2n) is 8.35. The highest BCUT2D eigenvalue weighted by atomic mass is 32.2. The van der Waals surface area contributed by atoms with Crippen LogP contribution in [0.4, 0.5) is 4.39 Å². The Bertz CT molecular complexity index is 1360. The lowest BCUT2D eigenvalue weighted by atomic mass is 10.1. The Labute approximate surface area is 219 Å². The Kier molecular flexibility index (Phi) is 9.35. The first-order valence-electron chi connectivity index (χ1n) is 11.3. The average molecular weight is 550 g/mol. The lowest BCUT2D eigenvalue weighted by Crippen LogP contribution is -2.36. The van der Waals surface area contributed by atoms with Gasteiger partial charge in [-0.15, -0.1) is 11.3 Å². The van der Waals surface area contributed by atoms with Gasteiger partial charge in [-0.1, -0.05) is 30.3 Å². The van der Waals surface area contributed by atoms with Crippen molar-refractivity contribution in [2.45, 2.75) is 32.4 Å². The number of benzene rings is 2. The van der Waals surface area contributed by atoms with Crippen LogP contribution in [0.5, 0.6) is 5.75 Å². The summed E-state index contributed by atoms with van der Waals surface area (Å²) in [7, 11) is -2.40. The van der Waals surface area contributed by atoms with E-state index in [1.165, 1.54) is 24.1 Å². The first kappa shape index (κ1) is 28.2. The summed E-state index contributed by atoms with van der Waals surface area (Å²) in [5.74, 6) is -2.13. The molecule has 1 heterocycles. The Morgan fingerprint density at radius 1 is 1.22 bits per heavy atom. The molecule has 1 atom stereocenters. The van der Waals surface area contributed by atoms with Gasteiger partial charge in [-0.25, -0.2) is 22.5 Å². The topological polar surface area (TPSA) is 126 Å². The minimum Gasteiger partial charge on any atom is -0.497 e. The number of aryl methyl sites for hydroxylation is 2. The van der Waals surface area contributed by atoms with Gasteiger partial charge in [0.25, 0.3) is 11.8 Å². The number of hydrogen-bond acceptors (Lipinski definition) is 8. The molecule has 198 valence electrons. The predicted octanol–water partition coefficient (Wildman–Crippen LogP) is 2.98. The molecule has 0 fully saturated rings. The number of aliphatic hydroxyl groups is 1. The van der Waals surface area contributed by atoms with Crippen molar-refractivity contribution in [1.29, 1.82) is 0 Å². The fraction of sp³-hybridized carbons (Fsp3) is 0.320. The van der Waals surface area contributed by atoms with Crippen LogP contribution in [0.1, 0.15) is 44.0 Å². The monoisotopic (exact) mass is 549 g/mol. The number of hydrogen-bond donors (Lipinski definition) is 2. The molecule has 0 unspecified atom stereocenters. The fourth-order valence-electron chi connectivity index (χ4n) is 3.66. The van der Waals surface area contributed by atoms with Gasteiger partial charge in [-0.05, 0) is 37.5 Å². The summed E-state index contributed by atoms with van der Waals surface area (Å²) < 4.78 is 44.3. The summed E-state index contributed by atoms with van der Waals surface area (Å²) in [5, 5.41) is 11.1. The summed E-state index contributed by atoms with van der Waals surface area (Å²) in [4.78, 5) is 31.7. The Morgan fingerprint density at radius 3 is 2.54 bits per heavy atom. The summed E-state index contributed by atoms with van der Waals surface area (Å²) in [6, 6.07) is 13.5. The Hall–Kier alpha value is -3.35. The van der Waals surface area contributed by atoms with Gasteiger partial charge in [0.15, 0.2) is 6.10 Å². The highest BCUT2D eigenvalue weighted by Crippen LogP contribution is 2.26. The number of nitrogens with one attached hydrogen (secondary N) is 1. The SMILES string of the molecule is COc1ccc([C@@H](O)C(=O)N(CCCc2ccccc2)Cc2nc(C(=O)NS(C)(=O)=O)c(C)s2)c(F)c1. The molecule has 2 N–H and O–H groups in total. The van der Waals surface area contributed by atoms with Crippen LogP contribution in [-0.4, -0.2) is 55.1 Å². The van der Waals surface area contributed by atoms with Crippen LogP contribution in [0.2, 0.25) is 0 Å². The van der Waals surface area contributed by atoms with Gasteiger partial charge >= 0.3 is 0 Å². The second-order valence-corrected chi connectivity index (χ2v) is 11.4. The number of ether oxygens (including phenoxy) is 1. The number of amides is 2. The van der Waals surface area contributed by atoms with Crippen molar-refractivity contribution >= 4 is 33.2 Å². The van der Waals surface area contributed by atoms with E-state index in [2.05, 4.69) is 4.98 Å². The van der Waals surface area contributed by atoms with Gasteiger partial charge in [0.2, 0.25) is 10.0 Å². The van der Waals surface area contributed by atoms with E-state index in [1.54, 1.807) is 6.92 Å². The van der Waals surface area contributed by atoms with E-state index in [4.69, 9.17) is 4.74 Å². The molecular formula is C25H28FN3O6S2. The van der Waals surface area contributed by atoms with Crippen molar-refractivity contribution in [3.05, 3.63) is 81.1 Å². The number of aromatic nitrogens is 1. The lowest BCUT2D eigenvalue weighted by Gasteiger charge is -2.25. The molecule has 0 saturated heterocycles. The number of nitrogens with zero attached hydrogens (tertiary/aromatic N) is 2. The van der Waals surface area contributed by atoms with Gasteiger partial charge in [0.1, 0.15) is 22.3 Å². The largest absolute Gasteiger partial charge is 0.497 e. The molecule has 37 heavy (non-hydrogen) atoms. The zero-order chi connectivity index (χ0) is 27.2. The molecule has 0 bridgehead atoms. The Morgan fingerprint density at radius 2 is 1.92 bits per heavy atom. The lowest BCUT2D eigenvalue weighted by molar-refractivity contribution is -0.141. The molecule has 2 amide bonds. The second kappa shape index (κ2) is 12.3. The molecule has 9 nitrogen and oxygen atoms in total. The van der Waals surface area contributed by atoms with Crippen LogP contribution in [-0.2, 0) is 27.8 Å². The third kappa shape index (κ3) is 7.81. The summed E-state index contributed by atoms with van der Waals surface area (Å²) >= 11 is 1.13. The summed E-state index contributed by atoms with van der Waals surface area (Å²) in [5.41, 5.74) is 0.813. The summed E-state index contributed by atoms with van der Waals surface area (Å²) in [6.45, 7) is 1.79. The minimum absolute atomic E-state index is 0.0554. The average Bonchev–Trinajstić information content (AvgIpc) is 3.22. The molecule has 1 aromatic heterocycles. The van der Waals surface area contributed by atoms with Crippen LogP contribution in [0, 0.1) is 12.7 Å². The van der Waals surface area contributed by atoms with E-state index in [9.17, 15) is 27.5 Å². The smallest absolute Gasteiger partial charge is 0.284 e. The van der Waals surface area contributed by atoms with E-state index in [0.29, 0.717) is 22.7 Å².